The zero-order valence-electron chi connectivity index (χ0n) is 11.6. The van der Waals surface area contributed by atoms with Crippen molar-refractivity contribution in [2.75, 3.05) is 25.0 Å². The average Bonchev–Trinajstić information content (AvgIpc) is 2.84. The van der Waals surface area contributed by atoms with Crippen LogP contribution in [0.5, 0.6) is 0 Å². The van der Waals surface area contributed by atoms with Gasteiger partial charge in [0.15, 0.2) is 5.13 Å². The molecule has 1 amide bonds. The van der Waals surface area contributed by atoms with E-state index in [2.05, 4.69) is 10.3 Å². The molecule has 108 valence electrons. The first kappa shape index (κ1) is 15.1. The fourth-order valence-corrected chi connectivity index (χ4v) is 3.18. The molecule has 1 N–H and O–H groups in total. The number of amides is 1. The van der Waals surface area contributed by atoms with Gasteiger partial charge in [-0.15, -0.1) is 0 Å². The highest BCUT2D eigenvalue weighted by atomic mass is 35.5. The van der Waals surface area contributed by atoms with E-state index in [-0.39, 0.29) is 5.91 Å². The van der Waals surface area contributed by atoms with Crippen molar-refractivity contribution in [3.8, 4) is 0 Å². The Bertz CT molecular complexity index is 595. The lowest BCUT2D eigenvalue weighted by Gasteiger charge is -2.18. The Kier molecular flexibility index (Phi) is 5.20. The number of carbonyl (C=O) groups excluding carboxylic acids is 1. The first-order chi connectivity index (χ1) is 9.65. The first-order valence-corrected chi connectivity index (χ1v) is 7.91. The van der Waals surface area contributed by atoms with Crippen LogP contribution in [0.4, 0.5) is 5.13 Å². The molecule has 0 bridgehead atoms. The largest absolute Gasteiger partial charge is 0.361 e. The predicted octanol–water partition coefficient (Wildman–Crippen LogP) is 3.62. The van der Waals surface area contributed by atoms with E-state index in [1.807, 2.05) is 36.9 Å². The van der Waals surface area contributed by atoms with Crippen molar-refractivity contribution >= 4 is 44.2 Å². The number of benzene rings is 1. The smallest absolute Gasteiger partial charge is 0.224 e. The van der Waals surface area contributed by atoms with Gasteiger partial charge in [-0.1, -0.05) is 29.0 Å². The minimum absolute atomic E-state index is 0.168. The van der Waals surface area contributed by atoms with Gasteiger partial charge in [-0.25, -0.2) is 4.98 Å². The van der Waals surface area contributed by atoms with Crippen LogP contribution in [0.25, 0.3) is 10.2 Å². The topological polar surface area (TPSA) is 45.2 Å². The van der Waals surface area contributed by atoms with Crippen molar-refractivity contribution in [2.45, 2.75) is 20.3 Å². The number of hydrogen-bond acceptors (Lipinski definition) is 4. The third kappa shape index (κ3) is 3.41. The van der Waals surface area contributed by atoms with Gasteiger partial charge in [0.25, 0.3) is 0 Å². The molecular weight excluding hydrogens is 294 g/mol. The molecule has 1 heterocycles. The second-order valence-electron chi connectivity index (χ2n) is 4.35. The lowest BCUT2D eigenvalue weighted by molar-refractivity contribution is -0.130. The van der Waals surface area contributed by atoms with Crippen LogP contribution in [0.1, 0.15) is 20.3 Å². The third-order valence-corrected chi connectivity index (χ3v) is 4.59. The number of nitrogens with zero attached hydrogens (tertiary/aromatic N) is 2. The Morgan fingerprint density at radius 2 is 2.15 bits per heavy atom. The first-order valence-electron chi connectivity index (χ1n) is 6.72. The van der Waals surface area contributed by atoms with Crippen molar-refractivity contribution in [1.82, 2.24) is 9.88 Å². The van der Waals surface area contributed by atoms with E-state index >= 15 is 0 Å². The molecule has 0 aliphatic rings. The molecule has 2 aromatic rings. The van der Waals surface area contributed by atoms with Gasteiger partial charge in [0.2, 0.25) is 5.91 Å². The Labute approximate surface area is 127 Å². The summed E-state index contributed by atoms with van der Waals surface area (Å²) in [5.41, 5.74) is 0.889. The molecule has 2 rings (SSSR count). The highest BCUT2D eigenvalue weighted by molar-refractivity contribution is 7.22. The fraction of sp³-hybridized carbons (Fsp3) is 0.429. The molecule has 0 saturated carbocycles. The summed E-state index contributed by atoms with van der Waals surface area (Å²) in [4.78, 5) is 18.2. The van der Waals surface area contributed by atoms with Gasteiger partial charge in [0, 0.05) is 26.1 Å². The number of aromatic nitrogens is 1. The average molecular weight is 312 g/mol. The number of carbonyl (C=O) groups is 1. The van der Waals surface area contributed by atoms with Crippen molar-refractivity contribution in [2.24, 2.45) is 0 Å². The molecule has 0 aliphatic carbocycles. The second kappa shape index (κ2) is 6.90. The lowest BCUT2D eigenvalue weighted by Crippen LogP contribution is -2.31. The Hall–Kier alpha value is -1.33. The van der Waals surface area contributed by atoms with Gasteiger partial charge in [-0.05, 0) is 26.0 Å². The molecule has 0 fully saturated rings. The summed E-state index contributed by atoms with van der Waals surface area (Å²) in [5.74, 6) is 0.168. The summed E-state index contributed by atoms with van der Waals surface area (Å²) in [6, 6.07) is 5.68. The summed E-state index contributed by atoms with van der Waals surface area (Å²) in [6.45, 7) is 6.08. The van der Waals surface area contributed by atoms with Crippen molar-refractivity contribution in [3.05, 3.63) is 23.2 Å². The molecule has 1 aromatic heterocycles. The number of hydrogen-bond donors (Lipinski definition) is 1. The zero-order chi connectivity index (χ0) is 14.5. The maximum Gasteiger partial charge on any atom is 0.224 e. The van der Waals surface area contributed by atoms with Gasteiger partial charge < -0.3 is 10.2 Å². The van der Waals surface area contributed by atoms with E-state index in [1.165, 1.54) is 11.3 Å². The number of halogens is 1. The Morgan fingerprint density at radius 1 is 1.40 bits per heavy atom. The van der Waals surface area contributed by atoms with E-state index in [4.69, 9.17) is 11.6 Å². The SMILES string of the molecule is CCN(CC)C(=O)CCNc1nc2cccc(Cl)c2s1. The maximum atomic E-state index is 11.9. The van der Waals surface area contributed by atoms with Crippen LogP contribution >= 0.6 is 22.9 Å². The van der Waals surface area contributed by atoms with Gasteiger partial charge in [0.05, 0.1) is 15.2 Å². The number of rotatable bonds is 6. The van der Waals surface area contributed by atoms with Crippen LogP contribution in [-0.2, 0) is 4.79 Å². The van der Waals surface area contributed by atoms with Crippen LogP contribution in [0.3, 0.4) is 0 Å². The van der Waals surface area contributed by atoms with E-state index in [0.29, 0.717) is 18.0 Å². The maximum absolute atomic E-state index is 11.9. The molecule has 0 radical (unpaired) electrons. The summed E-state index contributed by atoms with van der Waals surface area (Å²) < 4.78 is 0.978. The fourth-order valence-electron chi connectivity index (χ4n) is 2.00. The summed E-state index contributed by atoms with van der Waals surface area (Å²) in [6.07, 6.45) is 0.478. The predicted molar refractivity (Wildman–Crippen MR) is 85.7 cm³/mol. The molecule has 0 unspecified atom stereocenters. The lowest BCUT2D eigenvalue weighted by atomic mass is 10.3. The molecular formula is C14H18ClN3OS. The van der Waals surface area contributed by atoms with E-state index in [0.717, 1.165) is 28.4 Å². The summed E-state index contributed by atoms with van der Waals surface area (Å²) in [7, 11) is 0. The van der Waals surface area contributed by atoms with Crippen LogP contribution in [0.15, 0.2) is 18.2 Å². The van der Waals surface area contributed by atoms with Crippen LogP contribution < -0.4 is 5.32 Å². The number of anilines is 1. The molecule has 0 saturated heterocycles. The molecule has 0 spiro atoms. The minimum atomic E-state index is 0.168. The van der Waals surface area contributed by atoms with Gasteiger partial charge in [-0.2, -0.15) is 0 Å². The van der Waals surface area contributed by atoms with Crippen molar-refractivity contribution in [3.63, 3.8) is 0 Å². The highest BCUT2D eigenvalue weighted by Crippen LogP contribution is 2.31. The summed E-state index contributed by atoms with van der Waals surface area (Å²) in [5, 5.41) is 4.72. The third-order valence-electron chi connectivity index (χ3n) is 3.10. The standard InChI is InChI=1S/C14H18ClN3OS/c1-3-18(4-2)12(19)8-9-16-14-17-11-7-5-6-10(15)13(11)20-14/h5-7H,3-4,8-9H2,1-2H3,(H,16,17). The minimum Gasteiger partial charge on any atom is -0.361 e. The van der Waals surface area contributed by atoms with E-state index in [1.54, 1.807) is 0 Å². The molecule has 0 atom stereocenters. The Balaban J connectivity index is 1.93. The van der Waals surface area contributed by atoms with Crippen molar-refractivity contribution in [1.29, 1.82) is 0 Å². The Morgan fingerprint density at radius 3 is 2.80 bits per heavy atom. The normalized spacial score (nSPS) is 10.8. The molecule has 6 heteroatoms. The second-order valence-corrected chi connectivity index (χ2v) is 5.76. The van der Waals surface area contributed by atoms with E-state index in [9.17, 15) is 4.79 Å². The van der Waals surface area contributed by atoms with Gasteiger partial charge in [-0.3, -0.25) is 4.79 Å². The zero-order valence-corrected chi connectivity index (χ0v) is 13.2. The number of thiazole rings is 1. The van der Waals surface area contributed by atoms with Crippen molar-refractivity contribution < 1.29 is 4.79 Å². The van der Waals surface area contributed by atoms with E-state index < -0.39 is 0 Å². The quantitative estimate of drug-likeness (QED) is 0.886. The molecule has 0 aliphatic heterocycles. The summed E-state index contributed by atoms with van der Waals surface area (Å²) >= 11 is 7.63. The molecule has 20 heavy (non-hydrogen) atoms. The van der Waals surface area contributed by atoms with Gasteiger partial charge >= 0.3 is 0 Å². The van der Waals surface area contributed by atoms with Gasteiger partial charge in [0.1, 0.15) is 0 Å². The van der Waals surface area contributed by atoms with Crippen LogP contribution in [0.2, 0.25) is 5.02 Å². The highest BCUT2D eigenvalue weighted by Gasteiger charge is 2.10. The number of fused-ring (bicyclic) bond motifs is 1. The monoisotopic (exact) mass is 311 g/mol. The molecule has 1 aromatic carbocycles. The van der Waals surface area contributed by atoms with Crippen LogP contribution in [-0.4, -0.2) is 35.4 Å². The molecule has 4 nitrogen and oxygen atoms in total. The van der Waals surface area contributed by atoms with Crippen LogP contribution in [0, 0.1) is 0 Å². The number of nitrogens with one attached hydrogen (secondary N) is 1.